The van der Waals surface area contributed by atoms with Crippen molar-refractivity contribution in [2.24, 2.45) is 17.8 Å². The third-order valence-corrected chi connectivity index (χ3v) is 7.15. The summed E-state index contributed by atoms with van der Waals surface area (Å²) in [6.07, 6.45) is 0.374. The Hall–Kier alpha value is -2.03. The number of pyridine rings is 1. The maximum Gasteiger partial charge on any atom is 0.417 e. The molecule has 4 aliphatic carbocycles. The van der Waals surface area contributed by atoms with Crippen LogP contribution in [0.1, 0.15) is 44.1 Å². The molecule has 3 atom stereocenters. The van der Waals surface area contributed by atoms with Crippen LogP contribution in [0, 0.1) is 17.8 Å². The van der Waals surface area contributed by atoms with E-state index in [1.54, 1.807) is 4.90 Å². The van der Waals surface area contributed by atoms with Crippen molar-refractivity contribution in [2.45, 2.75) is 62.5 Å². The van der Waals surface area contributed by atoms with Gasteiger partial charge < -0.3 is 19.5 Å². The van der Waals surface area contributed by atoms with Gasteiger partial charge in [-0.1, -0.05) is 0 Å². The van der Waals surface area contributed by atoms with E-state index in [4.69, 9.17) is 9.47 Å². The van der Waals surface area contributed by atoms with Crippen LogP contribution < -0.4 is 4.74 Å². The van der Waals surface area contributed by atoms with Gasteiger partial charge in [-0.25, -0.2) is 9.78 Å². The lowest BCUT2D eigenvalue weighted by Gasteiger charge is -2.57. The number of hydrogen-bond acceptors (Lipinski definition) is 5. The first-order valence-corrected chi connectivity index (χ1v) is 10.6. The largest absolute Gasteiger partial charge is 0.472 e. The number of amides is 1. The number of hydrogen-bond donors (Lipinski definition) is 1. The predicted octanol–water partition coefficient (Wildman–Crippen LogP) is 3.63. The van der Waals surface area contributed by atoms with Crippen LogP contribution in [0.4, 0.5) is 18.0 Å². The number of carbonyl (C=O) groups is 1. The molecule has 0 radical (unpaired) electrons. The Labute approximate surface area is 172 Å². The summed E-state index contributed by atoms with van der Waals surface area (Å²) < 4.78 is 49.4. The number of aliphatic hydroxyl groups is 1. The quantitative estimate of drug-likeness (QED) is 0.799. The van der Waals surface area contributed by atoms with Gasteiger partial charge in [0.1, 0.15) is 12.2 Å². The highest BCUT2D eigenvalue weighted by Gasteiger charge is 2.56. The maximum absolute atomic E-state index is 12.7. The molecule has 30 heavy (non-hydrogen) atoms. The summed E-state index contributed by atoms with van der Waals surface area (Å²) in [4.78, 5) is 18.0. The van der Waals surface area contributed by atoms with Crippen LogP contribution in [0.25, 0.3) is 0 Å². The molecule has 6 nitrogen and oxygen atoms in total. The fraction of sp³-hybridized carbons (Fsp3) is 0.714. The second-order valence-corrected chi connectivity index (χ2v) is 9.40. The zero-order chi connectivity index (χ0) is 21.1. The van der Waals surface area contributed by atoms with E-state index >= 15 is 0 Å². The van der Waals surface area contributed by atoms with Crippen LogP contribution in [0.5, 0.6) is 5.88 Å². The molecule has 2 unspecified atom stereocenters. The van der Waals surface area contributed by atoms with Crippen molar-refractivity contribution in [1.29, 1.82) is 0 Å². The van der Waals surface area contributed by atoms with E-state index in [2.05, 4.69) is 4.98 Å². The van der Waals surface area contributed by atoms with Crippen LogP contribution in [0.15, 0.2) is 18.3 Å². The number of alkyl halides is 3. The number of halogens is 3. The van der Waals surface area contributed by atoms with Crippen molar-refractivity contribution in [3.8, 4) is 5.88 Å². The molecule has 0 aromatic carbocycles. The van der Waals surface area contributed by atoms with Crippen LogP contribution in [-0.2, 0) is 10.9 Å². The van der Waals surface area contributed by atoms with Crippen molar-refractivity contribution in [2.75, 3.05) is 13.1 Å². The Morgan fingerprint density at radius 1 is 1.20 bits per heavy atom. The SMILES string of the molecule is O=C(OC1C2CC3CC1CC(O)(C3)C2)N1CC[C@@H](Oc2ccc(C(F)(F)F)cn2)C1. The Balaban J connectivity index is 1.15. The van der Waals surface area contributed by atoms with Gasteiger partial charge in [0, 0.05) is 25.2 Å². The Kier molecular flexibility index (Phi) is 4.65. The molecule has 4 saturated carbocycles. The second kappa shape index (κ2) is 7.00. The molecule has 1 N–H and O–H groups in total. The normalized spacial score (nSPS) is 37.5. The summed E-state index contributed by atoms with van der Waals surface area (Å²) in [6.45, 7) is 0.787. The molecule has 5 fully saturated rings. The van der Waals surface area contributed by atoms with Gasteiger partial charge >= 0.3 is 12.3 Å². The van der Waals surface area contributed by atoms with Crippen molar-refractivity contribution < 1.29 is 32.5 Å². The van der Waals surface area contributed by atoms with Gasteiger partial charge in [0.15, 0.2) is 0 Å². The topological polar surface area (TPSA) is 71.9 Å². The van der Waals surface area contributed by atoms with Gasteiger partial charge in [-0.3, -0.25) is 0 Å². The summed E-state index contributed by atoms with van der Waals surface area (Å²) in [5.41, 5.74) is -1.40. The summed E-state index contributed by atoms with van der Waals surface area (Å²) in [5, 5.41) is 10.7. The number of aromatic nitrogens is 1. The third kappa shape index (κ3) is 3.72. The summed E-state index contributed by atoms with van der Waals surface area (Å²) in [6, 6.07) is 2.13. The number of rotatable bonds is 3. The van der Waals surface area contributed by atoms with E-state index in [-0.39, 0.29) is 36.0 Å². The predicted molar refractivity (Wildman–Crippen MR) is 98.6 cm³/mol. The smallest absolute Gasteiger partial charge is 0.417 e. The standard InChI is InChI=1S/C21H25F3N2O4/c22-21(23,24)15-1-2-17(25-10-15)29-16-3-4-26(11-16)19(27)30-18-13-5-12-6-14(18)9-20(28,7-12)8-13/h1-2,10,12-14,16,18,28H,3-9,11H2/t12?,13?,14?,16-,18?,20?/m1/s1. The lowest BCUT2D eigenvalue weighted by Crippen LogP contribution is -2.58. The van der Waals surface area contributed by atoms with Gasteiger partial charge in [0.05, 0.1) is 17.7 Å². The summed E-state index contributed by atoms with van der Waals surface area (Å²) in [5.74, 6) is 1.12. The monoisotopic (exact) mass is 426 g/mol. The van der Waals surface area contributed by atoms with Crippen LogP contribution in [0.3, 0.4) is 0 Å². The number of ether oxygens (including phenoxy) is 2. The molecule has 1 aromatic rings. The van der Waals surface area contributed by atoms with Gasteiger partial charge in [-0.05, 0) is 55.9 Å². The summed E-state index contributed by atoms with van der Waals surface area (Å²) >= 11 is 0. The van der Waals surface area contributed by atoms with Gasteiger partial charge in [0.25, 0.3) is 0 Å². The molecule has 1 saturated heterocycles. The Morgan fingerprint density at radius 2 is 1.93 bits per heavy atom. The van der Waals surface area contributed by atoms with Crippen molar-refractivity contribution in [3.63, 3.8) is 0 Å². The average Bonchev–Trinajstić information content (AvgIpc) is 3.11. The van der Waals surface area contributed by atoms with E-state index < -0.39 is 17.3 Å². The molecule has 2 heterocycles. The molecule has 6 rings (SSSR count). The number of likely N-dealkylation sites (tertiary alicyclic amines) is 1. The van der Waals surface area contributed by atoms with Gasteiger partial charge in [0.2, 0.25) is 5.88 Å². The first kappa shape index (κ1) is 19.9. The van der Waals surface area contributed by atoms with Crippen LogP contribution in [0.2, 0.25) is 0 Å². The highest BCUT2D eigenvalue weighted by atomic mass is 19.4. The van der Waals surface area contributed by atoms with Crippen molar-refractivity contribution in [1.82, 2.24) is 9.88 Å². The molecule has 1 aliphatic heterocycles. The Bertz CT molecular complexity index is 799. The minimum atomic E-state index is -4.44. The van der Waals surface area contributed by atoms with E-state index in [1.165, 1.54) is 6.07 Å². The lowest BCUT2D eigenvalue weighted by atomic mass is 9.53. The number of carbonyl (C=O) groups excluding carboxylic acids is 1. The highest BCUT2D eigenvalue weighted by Crippen LogP contribution is 2.56. The van der Waals surface area contributed by atoms with Gasteiger partial charge in [-0.15, -0.1) is 0 Å². The zero-order valence-corrected chi connectivity index (χ0v) is 16.5. The zero-order valence-electron chi connectivity index (χ0n) is 16.5. The fourth-order valence-corrected chi connectivity index (χ4v) is 6.10. The van der Waals surface area contributed by atoms with Crippen molar-refractivity contribution in [3.05, 3.63) is 23.9 Å². The van der Waals surface area contributed by atoms with E-state index in [1.807, 2.05) is 0 Å². The molecular weight excluding hydrogens is 401 g/mol. The van der Waals surface area contributed by atoms with Crippen molar-refractivity contribution >= 4 is 6.09 Å². The molecule has 1 amide bonds. The molecular formula is C21H25F3N2O4. The third-order valence-electron chi connectivity index (χ3n) is 7.15. The molecule has 164 valence electrons. The first-order chi connectivity index (χ1) is 14.2. The van der Waals surface area contributed by atoms with Crippen LogP contribution in [-0.4, -0.2) is 52.0 Å². The summed E-state index contributed by atoms with van der Waals surface area (Å²) in [7, 11) is 0. The minimum Gasteiger partial charge on any atom is -0.472 e. The minimum absolute atomic E-state index is 0.109. The lowest BCUT2D eigenvalue weighted by molar-refractivity contribution is -0.177. The highest BCUT2D eigenvalue weighted by molar-refractivity contribution is 5.68. The Morgan fingerprint density at radius 3 is 2.53 bits per heavy atom. The second-order valence-electron chi connectivity index (χ2n) is 9.40. The molecule has 1 aromatic heterocycles. The molecule has 4 bridgehead atoms. The fourth-order valence-electron chi connectivity index (χ4n) is 6.10. The van der Waals surface area contributed by atoms with E-state index in [9.17, 15) is 23.1 Å². The maximum atomic E-state index is 12.7. The average molecular weight is 426 g/mol. The van der Waals surface area contributed by atoms with E-state index in [0.717, 1.165) is 31.5 Å². The molecule has 0 spiro atoms. The van der Waals surface area contributed by atoms with Gasteiger partial charge in [-0.2, -0.15) is 13.2 Å². The van der Waals surface area contributed by atoms with Crippen LogP contribution >= 0.6 is 0 Å². The van der Waals surface area contributed by atoms with E-state index in [0.29, 0.717) is 38.3 Å². The first-order valence-electron chi connectivity index (χ1n) is 10.6. The molecule has 5 aliphatic rings. The number of nitrogens with zero attached hydrogens (tertiary/aromatic N) is 2. The molecule has 9 heteroatoms.